The van der Waals surface area contributed by atoms with Crippen LogP contribution in [0.2, 0.25) is 0 Å². The molecule has 0 fully saturated rings. The normalized spacial score (nSPS) is 7.69. The number of benzene rings is 1. The van der Waals surface area contributed by atoms with Gasteiger partial charge in [0.15, 0.2) is 11.5 Å². The maximum absolute atomic E-state index is 5.26. The number of para-hydroxylation sites is 2. The second kappa shape index (κ2) is 12.1. The zero-order valence-electron chi connectivity index (χ0n) is 11.1. The molecule has 0 spiro atoms. The SMILES string of the molecule is CC.CC.CS.Cc1nc2ccccc2o1. The number of oxazole rings is 1. The van der Waals surface area contributed by atoms with Crippen LogP contribution in [0.15, 0.2) is 28.7 Å². The summed E-state index contributed by atoms with van der Waals surface area (Å²) in [6.07, 6.45) is 1.69. The number of hydrogen-bond donors (Lipinski definition) is 1. The van der Waals surface area contributed by atoms with Gasteiger partial charge in [-0.05, 0) is 18.4 Å². The molecule has 0 atom stereocenters. The summed E-state index contributed by atoms with van der Waals surface area (Å²) in [5.74, 6) is 0.723. The Balaban J connectivity index is 0. The topological polar surface area (TPSA) is 26.0 Å². The van der Waals surface area contributed by atoms with Crippen molar-refractivity contribution in [3.05, 3.63) is 30.2 Å². The molecule has 0 saturated heterocycles. The fourth-order valence-electron chi connectivity index (χ4n) is 0.987. The van der Waals surface area contributed by atoms with Crippen LogP contribution in [0, 0.1) is 6.92 Å². The van der Waals surface area contributed by atoms with Crippen molar-refractivity contribution in [2.45, 2.75) is 34.6 Å². The molecule has 3 heteroatoms. The van der Waals surface area contributed by atoms with Crippen molar-refractivity contribution in [1.82, 2.24) is 4.98 Å². The van der Waals surface area contributed by atoms with Gasteiger partial charge in [-0.15, -0.1) is 0 Å². The molecule has 0 amide bonds. The molecular weight excluding hydrogens is 218 g/mol. The van der Waals surface area contributed by atoms with Crippen molar-refractivity contribution in [2.75, 3.05) is 6.26 Å². The second-order valence-corrected chi connectivity index (χ2v) is 2.20. The van der Waals surface area contributed by atoms with E-state index in [1.807, 2.05) is 58.9 Å². The van der Waals surface area contributed by atoms with Crippen LogP contribution in [-0.4, -0.2) is 11.2 Å². The summed E-state index contributed by atoms with van der Waals surface area (Å²) in [5.41, 5.74) is 1.79. The van der Waals surface area contributed by atoms with E-state index in [-0.39, 0.29) is 0 Å². The van der Waals surface area contributed by atoms with E-state index in [2.05, 4.69) is 17.6 Å². The number of nitrogens with zero attached hydrogens (tertiary/aromatic N) is 1. The molecule has 0 aliphatic rings. The van der Waals surface area contributed by atoms with Gasteiger partial charge in [0.1, 0.15) is 5.52 Å². The third-order valence-electron chi connectivity index (χ3n) is 1.40. The first kappa shape index (κ1) is 17.4. The highest BCUT2D eigenvalue weighted by Crippen LogP contribution is 2.12. The lowest BCUT2D eigenvalue weighted by Gasteiger charge is -1.79. The molecule has 0 bridgehead atoms. The highest BCUT2D eigenvalue weighted by atomic mass is 32.1. The number of aromatic nitrogens is 1. The molecule has 0 aliphatic heterocycles. The van der Waals surface area contributed by atoms with Crippen LogP contribution in [0.25, 0.3) is 11.1 Å². The minimum atomic E-state index is 0.723. The Morgan fingerprint density at radius 2 is 1.50 bits per heavy atom. The van der Waals surface area contributed by atoms with E-state index in [9.17, 15) is 0 Å². The molecular formula is C13H23NOS. The molecule has 92 valence electrons. The van der Waals surface area contributed by atoms with Crippen LogP contribution < -0.4 is 0 Å². The van der Waals surface area contributed by atoms with E-state index in [1.165, 1.54) is 0 Å². The molecule has 2 nitrogen and oxygen atoms in total. The van der Waals surface area contributed by atoms with Crippen LogP contribution >= 0.6 is 12.6 Å². The molecule has 0 saturated carbocycles. The van der Waals surface area contributed by atoms with Crippen molar-refractivity contribution >= 4 is 23.7 Å². The van der Waals surface area contributed by atoms with E-state index in [4.69, 9.17) is 4.42 Å². The van der Waals surface area contributed by atoms with E-state index in [1.54, 1.807) is 6.26 Å². The van der Waals surface area contributed by atoms with Gasteiger partial charge in [0.2, 0.25) is 0 Å². The Bertz CT molecular complexity index is 324. The monoisotopic (exact) mass is 241 g/mol. The highest BCUT2D eigenvalue weighted by molar-refractivity contribution is 7.79. The van der Waals surface area contributed by atoms with Gasteiger partial charge in [-0.1, -0.05) is 39.8 Å². The van der Waals surface area contributed by atoms with Crippen molar-refractivity contribution in [1.29, 1.82) is 0 Å². The Kier molecular flexibility index (Phi) is 13.2. The zero-order valence-corrected chi connectivity index (χ0v) is 12.0. The van der Waals surface area contributed by atoms with Crippen LogP contribution in [0.1, 0.15) is 33.6 Å². The molecule has 0 unspecified atom stereocenters. The molecule has 0 radical (unpaired) electrons. The molecule has 2 rings (SSSR count). The Hall–Kier alpha value is -0.960. The molecule has 1 heterocycles. The third kappa shape index (κ3) is 5.81. The number of rotatable bonds is 0. The van der Waals surface area contributed by atoms with Crippen LogP contribution in [-0.2, 0) is 0 Å². The van der Waals surface area contributed by atoms with Gasteiger partial charge in [0, 0.05) is 6.92 Å². The second-order valence-electron chi connectivity index (χ2n) is 2.20. The Morgan fingerprint density at radius 1 is 1.00 bits per heavy atom. The van der Waals surface area contributed by atoms with Gasteiger partial charge in [0.05, 0.1) is 0 Å². The summed E-state index contributed by atoms with van der Waals surface area (Å²) in [4.78, 5) is 4.15. The molecule has 0 N–H and O–H groups in total. The molecule has 16 heavy (non-hydrogen) atoms. The van der Waals surface area contributed by atoms with Crippen molar-refractivity contribution in [2.24, 2.45) is 0 Å². The van der Waals surface area contributed by atoms with Gasteiger partial charge < -0.3 is 4.42 Å². The molecule has 1 aromatic heterocycles. The van der Waals surface area contributed by atoms with E-state index < -0.39 is 0 Å². The van der Waals surface area contributed by atoms with Crippen LogP contribution in [0.5, 0.6) is 0 Å². The minimum absolute atomic E-state index is 0.723. The van der Waals surface area contributed by atoms with E-state index in [0.29, 0.717) is 0 Å². The average Bonchev–Trinajstić information content (AvgIpc) is 2.76. The summed E-state index contributed by atoms with van der Waals surface area (Å²) >= 11 is 3.53. The first-order valence-corrected chi connectivity index (χ1v) is 6.52. The lowest BCUT2D eigenvalue weighted by atomic mass is 10.3. The predicted molar refractivity (Wildman–Crippen MR) is 76.4 cm³/mol. The Labute approximate surface area is 104 Å². The first-order chi connectivity index (χ1) is 7.86. The molecule has 2 aromatic rings. The number of aryl methyl sites for hydroxylation is 1. The zero-order chi connectivity index (χ0) is 13.0. The van der Waals surface area contributed by atoms with Gasteiger partial charge in [-0.3, -0.25) is 0 Å². The number of thiol groups is 1. The summed E-state index contributed by atoms with van der Waals surface area (Å²) < 4.78 is 5.26. The third-order valence-corrected chi connectivity index (χ3v) is 1.40. The largest absolute Gasteiger partial charge is 0.441 e. The fraction of sp³-hybridized carbons (Fsp3) is 0.462. The van der Waals surface area contributed by atoms with E-state index in [0.717, 1.165) is 17.0 Å². The lowest BCUT2D eigenvalue weighted by molar-refractivity contribution is 0.561. The first-order valence-electron chi connectivity index (χ1n) is 5.63. The minimum Gasteiger partial charge on any atom is -0.441 e. The summed E-state index contributed by atoms with van der Waals surface area (Å²) in [6, 6.07) is 7.73. The quantitative estimate of drug-likeness (QED) is 0.674. The number of hydrogen-bond acceptors (Lipinski definition) is 3. The maximum atomic E-state index is 5.26. The van der Waals surface area contributed by atoms with Crippen molar-refractivity contribution < 1.29 is 4.42 Å². The fourth-order valence-corrected chi connectivity index (χ4v) is 0.987. The molecule has 0 aliphatic carbocycles. The summed E-state index contributed by atoms with van der Waals surface area (Å²) in [6.45, 7) is 9.85. The van der Waals surface area contributed by atoms with Gasteiger partial charge in [0.25, 0.3) is 0 Å². The molecule has 1 aromatic carbocycles. The van der Waals surface area contributed by atoms with Gasteiger partial charge >= 0.3 is 0 Å². The van der Waals surface area contributed by atoms with Crippen LogP contribution in [0.4, 0.5) is 0 Å². The van der Waals surface area contributed by atoms with Gasteiger partial charge in [-0.2, -0.15) is 12.6 Å². The van der Waals surface area contributed by atoms with Gasteiger partial charge in [-0.25, -0.2) is 4.98 Å². The average molecular weight is 241 g/mol. The summed E-state index contributed by atoms with van der Waals surface area (Å²) in [7, 11) is 0. The Morgan fingerprint density at radius 3 is 2.00 bits per heavy atom. The maximum Gasteiger partial charge on any atom is 0.192 e. The standard InChI is InChI=1S/C8H7NO.2C2H6.CH4S/c1-6-9-7-4-2-3-5-8(7)10-6;3*1-2/h2-5H,1H3;2*1-2H3;2H,1H3. The van der Waals surface area contributed by atoms with Crippen molar-refractivity contribution in [3.63, 3.8) is 0 Å². The smallest absolute Gasteiger partial charge is 0.192 e. The summed E-state index contributed by atoms with van der Waals surface area (Å²) in [5, 5.41) is 0. The predicted octanol–water partition coefficient (Wildman–Crippen LogP) is 4.73. The van der Waals surface area contributed by atoms with Crippen LogP contribution in [0.3, 0.4) is 0 Å². The van der Waals surface area contributed by atoms with E-state index >= 15 is 0 Å². The highest BCUT2D eigenvalue weighted by Gasteiger charge is 1.97. The van der Waals surface area contributed by atoms with Crippen molar-refractivity contribution in [3.8, 4) is 0 Å². The lowest BCUT2D eigenvalue weighted by Crippen LogP contribution is -1.65. The number of fused-ring (bicyclic) bond motifs is 1.